The van der Waals surface area contributed by atoms with E-state index in [1.807, 2.05) is 19.9 Å². The number of nitrogens with zero attached hydrogens (tertiary/aromatic N) is 3. The summed E-state index contributed by atoms with van der Waals surface area (Å²) < 4.78 is 27.2. The molecule has 1 aromatic carbocycles. The Morgan fingerprint density at radius 1 is 1.00 bits per heavy atom. The molecule has 0 bridgehead atoms. The van der Waals surface area contributed by atoms with Crippen LogP contribution in [0.15, 0.2) is 59.6 Å². The molecule has 0 aliphatic heterocycles. The molecular weight excluding hydrogens is 416 g/mol. The van der Waals surface area contributed by atoms with Gasteiger partial charge < -0.3 is 10.6 Å². The number of benzene rings is 1. The molecule has 0 atom stereocenters. The average Bonchev–Trinajstić information content (AvgIpc) is 2.71. The molecule has 10 heteroatoms. The fourth-order valence-electron chi connectivity index (χ4n) is 2.81. The lowest BCUT2D eigenvalue weighted by Gasteiger charge is -2.09. The lowest BCUT2D eigenvalue weighted by Crippen LogP contribution is -2.15. The predicted molar refractivity (Wildman–Crippen MR) is 119 cm³/mol. The third-order valence-electron chi connectivity index (χ3n) is 4.20. The van der Waals surface area contributed by atoms with E-state index in [1.54, 1.807) is 30.3 Å². The summed E-state index contributed by atoms with van der Waals surface area (Å²) in [6, 6.07) is 12.8. The zero-order valence-electron chi connectivity index (χ0n) is 17.3. The third kappa shape index (κ3) is 6.75. The first kappa shape index (κ1) is 22.2. The van der Waals surface area contributed by atoms with Crippen LogP contribution in [0.3, 0.4) is 0 Å². The van der Waals surface area contributed by atoms with E-state index in [4.69, 9.17) is 0 Å². The second kappa shape index (κ2) is 9.98. The van der Waals surface area contributed by atoms with Crippen LogP contribution >= 0.6 is 0 Å². The van der Waals surface area contributed by atoms with Crippen molar-refractivity contribution in [2.24, 2.45) is 0 Å². The molecule has 0 aliphatic carbocycles. The van der Waals surface area contributed by atoms with Gasteiger partial charge in [0, 0.05) is 36.2 Å². The second-order valence-corrected chi connectivity index (χ2v) is 8.58. The highest BCUT2D eigenvalue weighted by molar-refractivity contribution is 7.92. The van der Waals surface area contributed by atoms with Crippen molar-refractivity contribution in [2.45, 2.75) is 31.6 Å². The molecule has 3 aromatic rings. The summed E-state index contributed by atoms with van der Waals surface area (Å²) in [5, 5.41) is 5.87. The number of aryl methyl sites for hydroxylation is 2. The maximum Gasteiger partial charge on any atom is 0.263 e. The minimum Gasteiger partial charge on any atom is -0.354 e. The minimum atomic E-state index is -3.75. The number of nitrogens with one attached hydrogen (secondary N) is 3. The van der Waals surface area contributed by atoms with E-state index in [9.17, 15) is 13.2 Å². The normalized spacial score (nSPS) is 11.0. The summed E-state index contributed by atoms with van der Waals surface area (Å²) in [5.41, 5.74) is 2.29. The molecular formula is C21H24N6O3S. The highest BCUT2D eigenvalue weighted by Gasteiger charge is 2.14. The molecule has 0 unspecified atom stereocenters. The molecule has 2 heterocycles. The van der Waals surface area contributed by atoms with E-state index < -0.39 is 10.0 Å². The summed E-state index contributed by atoms with van der Waals surface area (Å²) in [4.78, 5) is 24.8. The molecule has 9 nitrogen and oxygen atoms in total. The molecule has 0 spiro atoms. The minimum absolute atomic E-state index is 0.0776. The monoisotopic (exact) mass is 440 g/mol. The SMILES string of the molecule is Cc1cc(C)nc(NCCCC(=O)Nc2ccc(S(=O)(=O)Nc3ccccn3)cc2)n1. The van der Waals surface area contributed by atoms with Crippen molar-refractivity contribution in [1.29, 1.82) is 0 Å². The maximum atomic E-state index is 12.4. The van der Waals surface area contributed by atoms with Crippen molar-refractivity contribution >= 4 is 33.4 Å². The summed E-state index contributed by atoms with van der Waals surface area (Å²) in [6.07, 6.45) is 2.41. The van der Waals surface area contributed by atoms with Gasteiger partial charge >= 0.3 is 0 Å². The first-order valence-corrected chi connectivity index (χ1v) is 11.2. The molecule has 3 rings (SSSR count). The van der Waals surface area contributed by atoms with E-state index in [-0.39, 0.29) is 16.6 Å². The molecule has 162 valence electrons. The van der Waals surface area contributed by atoms with E-state index in [2.05, 4.69) is 30.3 Å². The number of sulfonamides is 1. The van der Waals surface area contributed by atoms with Gasteiger partial charge in [-0.1, -0.05) is 6.07 Å². The van der Waals surface area contributed by atoms with Gasteiger partial charge in [-0.2, -0.15) is 0 Å². The third-order valence-corrected chi connectivity index (χ3v) is 5.57. The number of aromatic nitrogens is 3. The van der Waals surface area contributed by atoms with Gasteiger partial charge in [0.05, 0.1) is 4.90 Å². The van der Waals surface area contributed by atoms with Gasteiger partial charge in [-0.15, -0.1) is 0 Å². The quantitative estimate of drug-likeness (QED) is 0.436. The lowest BCUT2D eigenvalue weighted by atomic mass is 10.2. The first-order valence-electron chi connectivity index (χ1n) is 9.72. The molecule has 2 aromatic heterocycles. The van der Waals surface area contributed by atoms with Gasteiger partial charge in [0.15, 0.2) is 0 Å². The van der Waals surface area contributed by atoms with Crippen LogP contribution < -0.4 is 15.4 Å². The van der Waals surface area contributed by atoms with Crippen LogP contribution in [0, 0.1) is 13.8 Å². The van der Waals surface area contributed by atoms with Crippen molar-refractivity contribution in [2.75, 3.05) is 21.9 Å². The van der Waals surface area contributed by atoms with Gasteiger partial charge in [-0.3, -0.25) is 9.52 Å². The number of pyridine rings is 1. The van der Waals surface area contributed by atoms with Crippen molar-refractivity contribution in [3.8, 4) is 0 Å². The predicted octanol–water partition coefficient (Wildman–Crippen LogP) is 3.12. The van der Waals surface area contributed by atoms with E-state index in [0.717, 1.165) is 11.4 Å². The van der Waals surface area contributed by atoms with E-state index in [0.29, 0.717) is 31.0 Å². The number of carbonyl (C=O) groups is 1. The first-order chi connectivity index (χ1) is 14.8. The molecule has 0 saturated carbocycles. The zero-order valence-corrected chi connectivity index (χ0v) is 18.1. The van der Waals surface area contributed by atoms with E-state index in [1.165, 1.54) is 18.3 Å². The van der Waals surface area contributed by atoms with Crippen LogP contribution in [0.2, 0.25) is 0 Å². The largest absolute Gasteiger partial charge is 0.354 e. The molecule has 1 amide bonds. The Bertz CT molecular complexity index is 1120. The molecule has 0 radical (unpaired) electrons. The van der Waals surface area contributed by atoms with Crippen LogP contribution in [0.1, 0.15) is 24.2 Å². The number of amides is 1. The van der Waals surface area contributed by atoms with Gasteiger partial charge in [0.1, 0.15) is 5.82 Å². The Hall–Kier alpha value is -3.53. The molecule has 0 fully saturated rings. The van der Waals surface area contributed by atoms with E-state index >= 15 is 0 Å². The van der Waals surface area contributed by atoms with Crippen molar-refractivity contribution in [3.05, 3.63) is 66.1 Å². The summed E-state index contributed by atoms with van der Waals surface area (Å²) in [5.74, 6) is 0.624. The fourth-order valence-corrected chi connectivity index (χ4v) is 3.82. The average molecular weight is 441 g/mol. The highest BCUT2D eigenvalue weighted by atomic mass is 32.2. The van der Waals surface area contributed by atoms with Crippen molar-refractivity contribution < 1.29 is 13.2 Å². The smallest absolute Gasteiger partial charge is 0.263 e. The molecule has 31 heavy (non-hydrogen) atoms. The van der Waals surface area contributed by atoms with Gasteiger partial charge in [0.2, 0.25) is 11.9 Å². The number of anilines is 3. The van der Waals surface area contributed by atoms with Crippen molar-refractivity contribution in [3.63, 3.8) is 0 Å². The summed E-state index contributed by atoms with van der Waals surface area (Å²) in [7, 11) is -3.75. The number of rotatable bonds is 9. The Balaban J connectivity index is 1.47. The molecule has 0 saturated heterocycles. The van der Waals surface area contributed by atoms with Crippen LogP contribution in [0.5, 0.6) is 0 Å². The second-order valence-electron chi connectivity index (χ2n) is 6.90. The van der Waals surface area contributed by atoms with Crippen LogP contribution in [-0.2, 0) is 14.8 Å². The number of hydrogen-bond acceptors (Lipinski definition) is 7. The Labute approximate surface area is 181 Å². The van der Waals surface area contributed by atoms with Crippen LogP contribution in [-0.4, -0.2) is 35.8 Å². The lowest BCUT2D eigenvalue weighted by molar-refractivity contribution is -0.116. The molecule has 0 aliphatic rings. The summed E-state index contributed by atoms with van der Waals surface area (Å²) >= 11 is 0. The molecule has 3 N–H and O–H groups in total. The summed E-state index contributed by atoms with van der Waals surface area (Å²) in [6.45, 7) is 4.36. The standard InChI is InChI=1S/C21H24N6O3S/c1-15-14-16(2)25-21(24-15)23-13-5-7-20(28)26-17-8-10-18(11-9-17)31(29,30)27-19-6-3-4-12-22-19/h3-4,6,8-12,14H,5,7,13H2,1-2H3,(H,22,27)(H,26,28)(H,23,24,25). The maximum absolute atomic E-state index is 12.4. The zero-order chi connectivity index (χ0) is 22.3. The van der Waals surface area contributed by atoms with Crippen LogP contribution in [0.25, 0.3) is 0 Å². The Morgan fingerprint density at radius 2 is 1.71 bits per heavy atom. The highest BCUT2D eigenvalue weighted by Crippen LogP contribution is 2.17. The van der Waals surface area contributed by atoms with Gasteiger partial charge in [0.25, 0.3) is 10.0 Å². The number of hydrogen-bond donors (Lipinski definition) is 3. The van der Waals surface area contributed by atoms with Crippen LogP contribution in [0.4, 0.5) is 17.5 Å². The fraction of sp³-hybridized carbons (Fsp3) is 0.238. The van der Waals surface area contributed by atoms with Gasteiger partial charge in [-0.25, -0.2) is 23.4 Å². The Kier molecular flexibility index (Phi) is 7.14. The number of carbonyl (C=O) groups excluding carboxylic acids is 1. The van der Waals surface area contributed by atoms with Crippen molar-refractivity contribution in [1.82, 2.24) is 15.0 Å². The topological polar surface area (TPSA) is 126 Å². The Morgan fingerprint density at radius 3 is 2.35 bits per heavy atom. The van der Waals surface area contributed by atoms with Gasteiger partial charge in [-0.05, 0) is 62.7 Å².